The molecule has 0 heterocycles. The maximum Gasteiger partial charge on any atom is 0.360 e. The Morgan fingerprint density at radius 1 is 1.33 bits per heavy atom. The van der Waals surface area contributed by atoms with Gasteiger partial charge in [-0.2, -0.15) is 0 Å². The lowest BCUT2D eigenvalue weighted by Crippen LogP contribution is -2.02. The minimum absolute atomic E-state index is 0.00120. The van der Waals surface area contributed by atoms with Crippen LogP contribution in [0.3, 0.4) is 0 Å². The van der Waals surface area contributed by atoms with Crippen molar-refractivity contribution < 1.29 is 23.5 Å². The van der Waals surface area contributed by atoms with Crippen LogP contribution in [-0.2, 0) is 18.4 Å². The topological polar surface area (TPSA) is 72.8 Å². The van der Waals surface area contributed by atoms with Crippen LogP contribution in [0.2, 0.25) is 0 Å². The number of aliphatic hydroxyl groups is 1. The molecule has 0 amide bonds. The van der Waals surface area contributed by atoms with Gasteiger partial charge in [0, 0.05) is 6.42 Å². The zero-order valence-electron chi connectivity index (χ0n) is 9.23. The standard InChI is InChI=1S/C9H17O5P/c1-4-13-15(12,14-5-2)9(7-10)6-8(3)11/h7,10H,4-6H2,1-3H3/b9-7+. The minimum atomic E-state index is -3.49. The molecule has 6 heteroatoms. The van der Waals surface area contributed by atoms with Crippen LogP contribution in [0.1, 0.15) is 27.2 Å². The molecule has 5 nitrogen and oxygen atoms in total. The SMILES string of the molecule is CCOP(=O)(OCC)/C(=C/O)CC(C)=O. The van der Waals surface area contributed by atoms with E-state index in [1.54, 1.807) is 13.8 Å². The lowest BCUT2D eigenvalue weighted by molar-refractivity contribution is -0.116. The van der Waals surface area contributed by atoms with Gasteiger partial charge in [0.1, 0.15) is 5.78 Å². The lowest BCUT2D eigenvalue weighted by atomic mass is 10.3. The highest BCUT2D eigenvalue weighted by Gasteiger charge is 2.30. The van der Waals surface area contributed by atoms with Gasteiger partial charge in [0.2, 0.25) is 0 Å². The number of carbonyl (C=O) groups is 1. The van der Waals surface area contributed by atoms with Crippen molar-refractivity contribution >= 4 is 13.4 Å². The van der Waals surface area contributed by atoms with Crippen molar-refractivity contribution in [1.29, 1.82) is 0 Å². The quantitative estimate of drug-likeness (QED) is 0.543. The van der Waals surface area contributed by atoms with Crippen LogP contribution in [0.25, 0.3) is 0 Å². The number of allylic oxidation sites excluding steroid dienone is 1. The molecule has 0 unspecified atom stereocenters. The second-order valence-electron chi connectivity index (χ2n) is 2.83. The normalized spacial score (nSPS) is 12.9. The van der Waals surface area contributed by atoms with Crippen molar-refractivity contribution in [1.82, 2.24) is 0 Å². The van der Waals surface area contributed by atoms with Gasteiger partial charge in [-0.05, 0) is 20.8 Å². The maximum absolute atomic E-state index is 12.1. The van der Waals surface area contributed by atoms with Crippen LogP contribution in [0, 0.1) is 0 Å². The van der Waals surface area contributed by atoms with E-state index in [-0.39, 0.29) is 30.7 Å². The summed E-state index contributed by atoms with van der Waals surface area (Å²) in [6.45, 7) is 5.04. The highest BCUT2D eigenvalue weighted by atomic mass is 31.2. The predicted octanol–water partition coefficient (Wildman–Crippen LogP) is 2.63. The van der Waals surface area contributed by atoms with Gasteiger partial charge in [-0.15, -0.1) is 0 Å². The molecule has 0 rings (SSSR count). The summed E-state index contributed by atoms with van der Waals surface area (Å²) in [5, 5.41) is 8.92. The van der Waals surface area contributed by atoms with Gasteiger partial charge in [-0.25, -0.2) is 0 Å². The first kappa shape index (κ1) is 14.4. The fourth-order valence-corrected chi connectivity index (χ4v) is 2.65. The molecule has 0 atom stereocenters. The van der Waals surface area contributed by atoms with Gasteiger partial charge in [-0.3, -0.25) is 9.36 Å². The molecule has 0 saturated heterocycles. The number of carbonyl (C=O) groups excluding carboxylic acids is 1. The first-order valence-corrected chi connectivity index (χ1v) is 6.26. The van der Waals surface area contributed by atoms with Crippen molar-refractivity contribution in [2.24, 2.45) is 0 Å². The molecule has 0 fully saturated rings. The summed E-state index contributed by atoms with van der Waals surface area (Å²) in [5.41, 5.74) is 0. The summed E-state index contributed by atoms with van der Waals surface area (Å²) in [6, 6.07) is 0. The largest absolute Gasteiger partial charge is 0.515 e. The Hall–Kier alpha value is -0.640. The summed E-state index contributed by atoms with van der Waals surface area (Å²) < 4.78 is 22.0. The Kier molecular flexibility index (Phi) is 6.48. The van der Waals surface area contributed by atoms with Crippen LogP contribution in [0.4, 0.5) is 0 Å². The molecule has 1 N–H and O–H groups in total. The van der Waals surface area contributed by atoms with Crippen LogP contribution in [-0.4, -0.2) is 24.1 Å². The first-order chi connectivity index (χ1) is 7.00. The fraction of sp³-hybridized carbons (Fsp3) is 0.667. The van der Waals surface area contributed by atoms with Crippen molar-refractivity contribution in [2.45, 2.75) is 27.2 Å². The molecule has 15 heavy (non-hydrogen) atoms. The predicted molar refractivity (Wildman–Crippen MR) is 56.9 cm³/mol. The minimum Gasteiger partial charge on any atom is -0.515 e. The zero-order chi connectivity index (χ0) is 11.9. The third-order valence-electron chi connectivity index (χ3n) is 1.53. The molecule has 0 radical (unpaired) electrons. The highest BCUT2D eigenvalue weighted by Crippen LogP contribution is 2.57. The van der Waals surface area contributed by atoms with E-state index in [2.05, 4.69) is 0 Å². The van der Waals surface area contributed by atoms with Crippen LogP contribution < -0.4 is 0 Å². The van der Waals surface area contributed by atoms with Crippen LogP contribution >= 0.6 is 7.60 Å². The molecule has 0 bridgehead atoms. The third kappa shape index (κ3) is 4.60. The Morgan fingerprint density at radius 2 is 1.80 bits per heavy atom. The molecule has 0 aliphatic rings. The van der Waals surface area contributed by atoms with E-state index in [0.717, 1.165) is 0 Å². The van der Waals surface area contributed by atoms with Crippen molar-refractivity contribution in [3.63, 3.8) is 0 Å². The highest BCUT2D eigenvalue weighted by molar-refractivity contribution is 7.58. The van der Waals surface area contributed by atoms with Crippen molar-refractivity contribution in [3.05, 3.63) is 11.6 Å². The Balaban J connectivity index is 4.86. The van der Waals surface area contributed by atoms with Crippen molar-refractivity contribution in [3.8, 4) is 0 Å². The second kappa shape index (κ2) is 6.77. The average molecular weight is 236 g/mol. The molecule has 0 aliphatic carbocycles. The first-order valence-electron chi connectivity index (χ1n) is 4.72. The smallest absolute Gasteiger partial charge is 0.360 e. The number of hydrogen-bond acceptors (Lipinski definition) is 5. The number of rotatable bonds is 7. The van der Waals surface area contributed by atoms with Crippen LogP contribution in [0.5, 0.6) is 0 Å². The van der Waals surface area contributed by atoms with Gasteiger partial charge in [-0.1, -0.05) is 0 Å². The summed E-state index contributed by atoms with van der Waals surface area (Å²) in [6.07, 6.45) is 0.501. The fourth-order valence-electron chi connectivity index (χ4n) is 1.01. The van der Waals surface area contributed by atoms with Gasteiger partial charge >= 0.3 is 7.60 Å². The molecule has 0 spiro atoms. The van der Waals surface area contributed by atoms with E-state index in [9.17, 15) is 9.36 Å². The number of aliphatic hydroxyl groups excluding tert-OH is 1. The third-order valence-corrected chi connectivity index (χ3v) is 3.70. The monoisotopic (exact) mass is 236 g/mol. The number of Topliss-reactive ketones (excluding diaryl/α,β-unsaturated/α-hetero) is 1. The number of ketones is 1. The Labute approximate surface area is 89.6 Å². The molecule has 88 valence electrons. The molecule has 0 aromatic rings. The summed E-state index contributed by atoms with van der Waals surface area (Å²) in [7, 11) is -3.49. The van der Waals surface area contributed by atoms with E-state index >= 15 is 0 Å². The lowest BCUT2D eigenvalue weighted by Gasteiger charge is -2.18. The molecule has 0 saturated carbocycles. The summed E-state index contributed by atoms with van der Waals surface area (Å²) in [4.78, 5) is 10.9. The van der Waals surface area contributed by atoms with E-state index in [1.807, 2.05) is 0 Å². The molecule has 0 aliphatic heterocycles. The maximum atomic E-state index is 12.1. The van der Waals surface area contributed by atoms with Gasteiger partial charge < -0.3 is 14.2 Å². The summed E-state index contributed by atoms with van der Waals surface area (Å²) >= 11 is 0. The Bertz CT molecular complexity index is 274. The average Bonchev–Trinajstić information content (AvgIpc) is 2.14. The van der Waals surface area contributed by atoms with Gasteiger partial charge in [0.25, 0.3) is 0 Å². The molecule has 0 aromatic heterocycles. The van der Waals surface area contributed by atoms with Crippen LogP contribution in [0.15, 0.2) is 11.6 Å². The zero-order valence-corrected chi connectivity index (χ0v) is 10.1. The molecule has 0 aromatic carbocycles. The van der Waals surface area contributed by atoms with Crippen molar-refractivity contribution in [2.75, 3.05) is 13.2 Å². The molecular formula is C9H17O5P. The van der Waals surface area contributed by atoms with Gasteiger partial charge in [0.05, 0.1) is 24.8 Å². The second-order valence-corrected chi connectivity index (χ2v) is 4.92. The Morgan fingerprint density at radius 3 is 2.07 bits per heavy atom. The summed E-state index contributed by atoms with van der Waals surface area (Å²) in [5.74, 6) is -0.213. The molecular weight excluding hydrogens is 219 g/mol. The number of hydrogen-bond donors (Lipinski definition) is 1. The van der Waals surface area contributed by atoms with E-state index < -0.39 is 7.60 Å². The van der Waals surface area contributed by atoms with Gasteiger partial charge in [0.15, 0.2) is 0 Å². The van der Waals surface area contributed by atoms with E-state index in [0.29, 0.717) is 6.26 Å². The van der Waals surface area contributed by atoms with E-state index in [4.69, 9.17) is 14.2 Å². The van der Waals surface area contributed by atoms with E-state index in [1.165, 1.54) is 6.92 Å².